The normalized spacial score (nSPS) is 20.1. The topological polar surface area (TPSA) is 9.23 Å². The molecule has 0 aromatic rings. The fraction of sp³-hybridized carbons (Fsp3) is 1.00. The van der Waals surface area contributed by atoms with Crippen LogP contribution in [-0.4, -0.2) is 18.6 Å². The van der Waals surface area contributed by atoms with Gasteiger partial charge in [0, 0.05) is 18.6 Å². The highest BCUT2D eigenvalue weighted by Gasteiger charge is 2.22. The summed E-state index contributed by atoms with van der Waals surface area (Å²) in [5, 5.41) is 0.430. The van der Waals surface area contributed by atoms with Crippen LogP contribution < -0.4 is 0 Å². The molecule has 1 saturated carbocycles. The minimum atomic E-state index is 0.430. The zero-order valence-electron chi connectivity index (χ0n) is 9.30. The molecule has 0 N–H and O–H groups in total. The van der Waals surface area contributed by atoms with Gasteiger partial charge in [-0.2, -0.15) is 0 Å². The Morgan fingerprint density at radius 1 is 1.29 bits per heavy atom. The standard InChI is InChI=1S/C12H23ClO/c1-2-14-10-6-5-9-12(13)11-7-3-4-8-11/h11-12H,2-10H2,1H3. The lowest BCUT2D eigenvalue weighted by Crippen LogP contribution is -2.11. The predicted molar refractivity (Wildman–Crippen MR) is 61.9 cm³/mol. The van der Waals surface area contributed by atoms with Crippen molar-refractivity contribution in [2.75, 3.05) is 13.2 Å². The van der Waals surface area contributed by atoms with Gasteiger partial charge in [-0.3, -0.25) is 0 Å². The molecule has 1 aliphatic carbocycles. The lowest BCUT2D eigenvalue weighted by molar-refractivity contribution is 0.142. The van der Waals surface area contributed by atoms with E-state index in [0.717, 1.165) is 19.1 Å². The van der Waals surface area contributed by atoms with Gasteiger partial charge in [0.05, 0.1) is 0 Å². The largest absolute Gasteiger partial charge is 0.382 e. The van der Waals surface area contributed by atoms with Gasteiger partial charge in [0.2, 0.25) is 0 Å². The van der Waals surface area contributed by atoms with E-state index in [-0.39, 0.29) is 0 Å². The van der Waals surface area contributed by atoms with Crippen molar-refractivity contribution in [2.45, 2.75) is 57.2 Å². The molecule has 1 aliphatic rings. The molecule has 14 heavy (non-hydrogen) atoms. The van der Waals surface area contributed by atoms with Gasteiger partial charge in [-0.15, -0.1) is 11.6 Å². The van der Waals surface area contributed by atoms with Crippen LogP contribution in [0.1, 0.15) is 51.9 Å². The Labute approximate surface area is 93.2 Å². The lowest BCUT2D eigenvalue weighted by Gasteiger charge is -2.16. The van der Waals surface area contributed by atoms with Crippen molar-refractivity contribution in [1.82, 2.24) is 0 Å². The molecule has 1 fully saturated rings. The van der Waals surface area contributed by atoms with E-state index in [2.05, 4.69) is 0 Å². The van der Waals surface area contributed by atoms with Crippen LogP contribution in [-0.2, 0) is 4.74 Å². The van der Waals surface area contributed by atoms with Crippen molar-refractivity contribution in [2.24, 2.45) is 5.92 Å². The van der Waals surface area contributed by atoms with Crippen LogP contribution in [0.3, 0.4) is 0 Å². The van der Waals surface area contributed by atoms with Gasteiger partial charge >= 0.3 is 0 Å². The summed E-state index contributed by atoms with van der Waals surface area (Å²) in [7, 11) is 0. The van der Waals surface area contributed by atoms with Crippen molar-refractivity contribution < 1.29 is 4.74 Å². The molecular formula is C12H23ClO. The molecule has 0 heterocycles. The average molecular weight is 219 g/mol. The number of halogens is 1. The van der Waals surface area contributed by atoms with Crippen LogP contribution in [0.15, 0.2) is 0 Å². The monoisotopic (exact) mass is 218 g/mol. The second-order valence-corrected chi connectivity index (χ2v) is 4.81. The molecule has 0 aliphatic heterocycles. The van der Waals surface area contributed by atoms with Gasteiger partial charge in [0.25, 0.3) is 0 Å². The van der Waals surface area contributed by atoms with Crippen LogP contribution in [0.2, 0.25) is 0 Å². The molecule has 0 bridgehead atoms. The summed E-state index contributed by atoms with van der Waals surface area (Å²) in [4.78, 5) is 0. The average Bonchev–Trinajstić information content (AvgIpc) is 2.70. The third kappa shape index (κ3) is 4.65. The maximum absolute atomic E-state index is 6.36. The highest BCUT2D eigenvalue weighted by Crippen LogP contribution is 2.32. The summed E-state index contributed by atoms with van der Waals surface area (Å²) >= 11 is 6.36. The molecule has 0 aromatic heterocycles. The molecule has 1 rings (SSSR count). The first-order valence-electron chi connectivity index (χ1n) is 6.06. The number of rotatable bonds is 7. The molecule has 2 heteroatoms. The van der Waals surface area contributed by atoms with Crippen LogP contribution in [0.4, 0.5) is 0 Å². The molecular weight excluding hydrogens is 196 g/mol. The summed E-state index contributed by atoms with van der Waals surface area (Å²) in [6, 6.07) is 0. The maximum atomic E-state index is 6.36. The fourth-order valence-corrected chi connectivity index (χ4v) is 2.65. The summed E-state index contributed by atoms with van der Waals surface area (Å²) in [6.07, 6.45) is 9.09. The Morgan fingerprint density at radius 3 is 2.64 bits per heavy atom. The predicted octanol–water partition coefficient (Wildman–Crippen LogP) is 3.99. The van der Waals surface area contributed by atoms with Gasteiger partial charge in [-0.1, -0.05) is 12.8 Å². The highest BCUT2D eigenvalue weighted by atomic mass is 35.5. The van der Waals surface area contributed by atoms with Crippen LogP contribution in [0.5, 0.6) is 0 Å². The highest BCUT2D eigenvalue weighted by molar-refractivity contribution is 6.20. The second-order valence-electron chi connectivity index (χ2n) is 4.25. The SMILES string of the molecule is CCOCCCCC(Cl)C1CCCC1. The second kappa shape index (κ2) is 7.53. The molecule has 1 atom stereocenters. The van der Waals surface area contributed by atoms with E-state index in [0.29, 0.717) is 5.38 Å². The lowest BCUT2D eigenvalue weighted by atomic mass is 9.99. The summed E-state index contributed by atoms with van der Waals surface area (Å²) in [6.45, 7) is 3.79. The molecule has 1 unspecified atom stereocenters. The molecule has 84 valence electrons. The van der Waals surface area contributed by atoms with Crippen molar-refractivity contribution in [3.8, 4) is 0 Å². The van der Waals surface area contributed by atoms with Gasteiger partial charge in [-0.05, 0) is 44.9 Å². The van der Waals surface area contributed by atoms with Gasteiger partial charge in [0.1, 0.15) is 0 Å². The Balaban J connectivity index is 1.94. The van der Waals surface area contributed by atoms with Crippen molar-refractivity contribution in [3.05, 3.63) is 0 Å². The van der Waals surface area contributed by atoms with Crippen molar-refractivity contribution in [3.63, 3.8) is 0 Å². The van der Waals surface area contributed by atoms with Crippen molar-refractivity contribution in [1.29, 1.82) is 0 Å². The minimum absolute atomic E-state index is 0.430. The summed E-state index contributed by atoms with van der Waals surface area (Å²) in [5.74, 6) is 0.809. The molecule has 0 aromatic carbocycles. The first-order valence-corrected chi connectivity index (χ1v) is 6.50. The fourth-order valence-electron chi connectivity index (χ4n) is 2.24. The van der Waals surface area contributed by atoms with E-state index in [9.17, 15) is 0 Å². The third-order valence-corrected chi connectivity index (χ3v) is 3.71. The van der Waals surface area contributed by atoms with Crippen LogP contribution in [0.25, 0.3) is 0 Å². The zero-order chi connectivity index (χ0) is 10.2. The maximum Gasteiger partial charge on any atom is 0.0465 e. The zero-order valence-corrected chi connectivity index (χ0v) is 10.1. The Morgan fingerprint density at radius 2 is 2.00 bits per heavy atom. The van der Waals surface area contributed by atoms with E-state index in [1.807, 2.05) is 6.92 Å². The van der Waals surface area contributed by atoms with Gasteiger partial charge < -0.3 is 4.74 Å². The first kappa shape index (κ1) is 12.3. The molecule has 1 nitrogen and oxygen atoms in total. The first-order chi connectivity index (χ1) is 6.84. The minimum Gasteiger partial charge on any atom is -0.382 e. The number of hydrogen-bond donors (Lipinski definition) is 0. The molecule has 0 radical (unpaired) electrons. The van der Waals surface area contributed by atoms with Crippen LogP contribution >= 0.6 is 11.6 Å². The van der Waals surface area contributed by atoms with E-state index >= 15 is 0 Å². The third-order valence-electron chi connectivity index (χ3n) is 3.13. The van der Waals surface area contributed by atoms with E-state index in [1.54, 1.807) is 0 Å². The summed E-state index contributed by atoms with van der Waals surface area (Å²) in [5.41, 5.74) is 0. The number of unbranched alkanes of at least 4 members (excludes halogenated alkanes) is 1. The van der Waals surface area contributed by atoms with Crippen molar-refractivity contribution >= 4 is 11.6 Å². The van der Waals surface area contributed by atoms with E-state index in [4.69, 9.17) is 16.3 Å². The summed E-state index contributed by atoms with van der Waals surface area (Å²) < 4.78 is 5.30. The smallest absolute Gasteiger partial charge is 0.0465 e. The van der Waals surface area contributed by atoms with Crippen LogP contribution in [0, 0.1) is 5.92 Å². The molecule has 0 saturated heterocycles. The van der Waals surface area contributed by atoms with E-state index in [1.165, 1.54) is 44.9 Å². The number of ether oxygens (including phenoxy) is 1. The quantitative estimate of drug-likeness (QED) is 0.464. The Kier molecular flexibility index (Phi) is 6.63. The molecule has 0 amide bonds. The number of alkyl halides is 1. The Hall–Kier alpha value is 0.250. The van der Waals surface area contributed by atoms with Gasteiger partial charge in [0.15, 0.2) is 0 Å². The molecule has 0 spiro atoms. The Bertz CT molecular complexity index is 132. The van der Waals surface area contributed by atoms with Gasteiger partial charge in [-0.25, -0.2) is 0 Å². The van der Waals surface area contributed by atoms with E-state index < -0.39 is 0 Å². The number of hydrogen-bond acceptors (Lipinski definition) is 1.